The van der Waals surface area contributed by atoms with Crippen molar-refractivity contribution in [2.24, 2.45) is 0 Å². The first-order chi connectivity index (χ1) is 15.8. The number of nitrogens with two attached hydrogens (primary N) is 1. The highest BCUT2D eigenvalue weighted by Crippen LogP contribution is 2.25. The molecule has 1 amide bonds. The molecule has 3 aromatic rings. The summed E-state index contributed by atoms with van der Waals surface area (Å²) in [4.78, 5) is 41.4. The van der Waals surface area contributed by atoms with Crippen LogP contribution in [0.1, 0.15) is 5.56 Å². The molecule has 0 atom stereocenters. The normalized spacial score (nSPS) is 10.8. The van der Waals surface area contributed by atoms with Gasteiger partial charge >= 0.3 is 5.69 Å². The standard InChI is InChI=1S/C22H22ClFN4O5/c1-32-10-9-27-20(25)19(21(30)26-22(27)31)28(12-14-5-3-2-4-6-14)18(29)13-33-17-8-7-15(24)11-16(17)23/h2-8,11H,9-10,12-13,25H2,1H3,(H,26,30,31). The first kappa shape index (κ1) is 24.0. The summed E-state index contributed by atoms with van der Waals surface area (Å²) in [6.45, 7) is -0.307. The van der Waals surface area contributed by atoms with Crippen molar-refractivity contribution < 1.29 is 18.7 Å². The van der Waals surface area contributed by atoms with E-state index in [-0.39, 0.29) is 42.0 Å². The molecule has 33 heavy (non-hydrogen) atoms. The molecule has 3 N–H and O–H groups in total. The summed E-state index contributed by atoms with van der Waals surface area (Å²) >= 11 is 5.96. The number of ether oxygens (including phenoxy) is 2. The number of nitrogens with zero attached hydrogens (tertiary/aromatic N) is 2. The van der Waals surface area contributed by atoms with Gasteiger partial charge in [-0.25, -0.2) is 9.18 Å². The number of benzene rings is 2. The number of H-pyrrole nitrogens is 1. The van der Waals surface area contributed by atoms with Crippen LogP contribution in [0.2, 0.25) is 5.02 Å². The highest BCUT2D eigenvalue weighted by molar-refractivity contribution is 6.32. The fourth-order valence-corrected chi connectivity index (χ4v) is 3.33. The Morgan fingerprint density at radius 1 is 1.21 bits per heavy atom. The van der Waals surface area contributed by atoms with Gasteiger partial charge in [0.25, 0.3) is 11.5 Å². The summed E-state index contributed by atoms with van der Waals surface area (Å²) in [6, 6.07) is 12.4. The van der Waals surface area contributed by atoms with Crippen molar-refractivity contribution in [2.75, 3.05) is 31.0 Å². The quantitative estimate of drug-likeness (QED) is 0.488. The first-order valence-corrected chi connectivity index (χ1v) is 10.2. The summed E-state index contributed by atoms with van der Waals surface area (Å²) in [5, 5.41) is -0.0112. The van der Waals surface area contributed by atoms with Crippen molar-refractivity contribution in [1.29, 1.82) is 0 Å². The van der Waals surface area contributed by atoms with E-state index in [9.17, 15) is 18.8 Å². The van der Waals surface area contributed by atoms with Crippen molar-refractivity contribution in [3.8, 4) is 5.75 Å². The van der Waals surface area contributed by atoms with Crippen molar-refractivity contribution in [3.05, 3.63) is 85.8 Å². The highest BCUT2D eigenvalue weighted by Gasteiger charge is 2.25. The van der Waals surface area contributed by atoms with E-state index in [0.717, 1.165) is 21.6 Å². The third-order valence-electron chi connectivity index (χ3n) is 4.73. The van der Waals surface area contributed by atoms with Crippen LogP contribution in [0.5, 0.6) is 5.75 Å². The Hall–Kier alpha value is -3.63. The molecule has 0 aliphatic rings. The van der Waals surface area contributed by atoms with Crippen molar-refractivity contribution in [2.45, 2.75) is 13.1 Å². The van der Waals surface area contributed by atoms with Gasteiger partial charge in [0.05, 0.1) is 24.7 Å². The second-order valence-electron chi connectivity index (χ2n) is 6.97. The largest absolute Gasteiger partial charge is 0.482 e. The minimum atomic E-state index is -0.824. The molecule has 174 valence electrons. The van der Waals surface area contributed by atoms with Crippen molar-refractivity contribution >= 4 is 29.0 Å². The summed E-state index contributed by atoms with van der Waals surface area (Å²) in [6.07, 6.45) is 0. The minimum absolute atomic E-state index is 0.0112. The summed E-state index contributed by atoms with van der Waals surface area (Å²) < 4.78 is 24.8. The Bertz CT molecular complexity index is 1250. The number of nitrogen functional groups attached to an aromatic ring is 1. The Balaban J connectivity index is 1.98. The predicted molar refractivity (Wildman–Crippen MR) is 122 cm³/mol. The van der Waals surface area contributed by atoms with Crippen LogP contribution in [0.25, 0.3) is 0 Å². The number of rotatable bonds is 9. The summed E-state index contributed by atoms with van der Waals surface area (Å²) in [7, 11) is 1.46. The SMILES string of the molecule is COCCn1c(N)c(N(Cc2ccccc2)C(=O)COc2ccc(F)cc2Cl)c(=O)[nH]c1=O. The van der Waals surface area contributed by atoms with E-state index < -0.39 is 29.6 Å². The fraction of sp³-hybridized carbons (Fsp3) is 0.227. The van der Waals surface area contributed by atoms with Gasteiger partial charge in [0.1, 0.15) is 17.4 Å². The van der Waals surface area contributed by atoms with Crippen LogP contribution in [-0.2, 0) is 22.6 Å². The van der Waals surface area contributed by atoms with Gasteiger partial charge in [0, 0.05) is 7.11 Å². The van der Waals surface area contributed by atoms with E-state index in [1.54, 1.807) is 30.3 Å². The second kappa shape index (κ2) is 10.8. The molecule has 0 unspecified atom stereocenters. The van der Waals surface area contributed by atoms with Gasteiger partial charge in [-0.3, -0.25) is 24.0 Å². The summed E-state index contributed by atoms with van der Waals surface area (Å²) in [5.74, 6) is -1.28. The number of hydrogen-bond donors (Lipinski definition) is 2. The van der Waals surface area contributed by atoms with E-state index in [1.807, 2.05) is 0 Å². The lowest BCUT2D eigenvalue weighted by atomic mass is 10.2. The molecule has 0 bridgehead atoms. The molecule has 0 aliphatic carbocycles. The number of aromatic amines is 1. The number of hydrogen-bond acceptors (Lipinski definition) is 6. The molecule has 2 aromatic carbocycles. The highest BCUT2D eigenvalue weighted by atomic mass is 35.5. The Labute approximate surface area is 193 Å². The van der Waals surface area contributed by atoms with Crippen LogP contribution in [0.3, 0.4) is 0 Å². The Morgan fingerprint density at radius 3 is 2.61 bits per heavy atom. The van der Waals surface area contributed by atoms with Crippen LogP contribution in [-0.4, -0.2) is 35.8 Å². The van der Waals surface area contributed by atoms with Crippen LogP contribution in [0.15, 0.2) is 58.1 Å². The van der Waals surface area contributed by atoms with Crippen molar-refractivity contribution in [1.82, 2.24) is 9.55 Å². The number of amides is 1. The lowest BCUT2D eigenvalue weighted by Crippen LogP contribution is -2.42. The Morgan fingerprint density at radius 2 is 1.94 bits per heavy atom. The number of carbonyl (C=O) groups excluding carboxylic acids is 1. The molecule has 9 nitrogen and oxygen atoms in total. The number of methoxy groups -OCH3 is 1. The van der Waals surface area contributed by atoms with E-state index in [2.05, 4.69) is 4.98 Å². The van der Waals surface area contributed by atoms with E-state index >= 15 is 0 Å². The molecule has 1 aromatic heterocycles. The molecule has 0 radical (unpaired) electrons. The molecule has 0 spiro atoms. The van der Waals surface area contributed by atoms with Crippen LogP contribution >= 0.6 is 11.6 Å². The molecule has 0 saturated carbocycles. The smallest absolute Gasteiger partial charge is 0.330 e. The fourth-order valence-electron chi connectivity index (χ4n) is 3.11. The van der Waals surface area contributed by atoms with Gasteiger partial charge in [-0.05, 0) is 23.8 Å². The summed E-state index contributed by atoms with van der Waals surface area (Å²) in [5.41, 5.74) is 5.12. The minimum Gasteiger partial charge on any atom is -0.482 e. The van der Waals surface area contributed by atoms with Gasteiger partial charge in [-0.15, -0.1) is 0 Å². The zero-order chi connectivity index (χ0) is 24.0. The van der Waals surface area contributed by atoms with Crippen molar-refractivity contribution in [3.63, 3.8) is 0 Å². The number of nitrogens with one attached hydrogen (secondary N) is 1. The third-order valence-corrected chi connectivity index (χ3v) is 5.03. The first-order valence-electron chi connectivity index (χ1n) is 9.85. The van der Waals surface area contributed by atoms with E-state index in [0.29, 0.717) is 5.56 Å². The average Bonchev–Trinajstić information content (AvgIpc) is 2.78. The average molecular weight is 477 g/mol. The number of halogens is 2. The number of anilines is 2. The molecule has 11 heteroatoms. The van der Waals surface area contributed by atoms with Crippen LogP contribution in [0, 0.1) is 5.82 Å². The third kappa shape index (κ3) is 5.79. The predicted octanol–water partition coefficient (Wildman–Crippen LogP) is 2.17. The van der Waals surface area contributed by atoms with Gasteiger partial charge < -0.3 is 15.2 Å². The topological polar surface area (TPSA) is 120 Å². The number of aromatic nitrogens is 2. The molecule has 0 fully saturated rings. The van der Waals surface area contributed by atoms with Gasteiger partial charge in [0.2, 0.25) is 0 Å². The zero-order valence-electron chi connectivity index (χ0n) is 17.7. The van der Waals surface area contributed by atoms with Crippen LogP contribution in [0.4, 0.5) is 15.9 Å². The zero-order valence-corrected chi connectivity index (χ0v) is 18.5. The molecule has 1 heterocycles. The van der Waals surface area contributed by atoms with Gasteiger partial charge in [-0.2, -0.15) is 0 Å². The van der Waals surface area contributed by atoms with E-state index in [1.165, 1.54) is 13.2 Å². The molecular weight excluding hydrogens is 455 g/mol. The van der Waals surface area contributed by atoms with E-state index in [4.69, 9.17) is 26.8 Å². The number of carbonyl (C=O) groups is 1. The molecule has 0 saturated heterocycles. The van der Waals surface area contributed by atoms with Crippen LogP contribution < -0.4 is 26.6 Å². The lowest BCUT2D eigenvalue weighted by Gasteiger charge is -2.25. The monoisotopic (exact) mass is 476 g/mol. The second-order valence-corrected chi connectivity index (χ2v) is 7.37. The maximum atomic E-state index is 13.3. The maximum absolute atomic E-state index is 13.3. The van der Waals surface area contributed by atoms with Gasteiger partial charge in [-0.1, -0.05) is 41.9 Å². The molecule has 3 rings (SSSR count). The molecular formula is C22H22ClFN4O5. The Kier molecular flexibility index (Phi) is 7.86. The maximum Gasteiger partial charge on any atom is 0.330 e. The molecule has 0 aliphatic heterocycles. The lowest BCUT2D eigenvalue weighted by molar-refractivity contribution is -0.120. The van der Waals surface area contributed by atoms with Gasteiger partial charge in [0.15, 0.2) is 12.3 Å².